The zero-order valence-electron chi connectivity index (χ0n) is 21.0. The molecule has 0 rings (SSSR count). The molecule has 0 saturated carbocycles. The van der Waals surface area contributed by atoms with Crippen molar-refractivity contribution >= 4 is 11.9 Å². The third-order valence-electron chi connectivity index (χ3n) is 2.44. The molecule has 0 fully saturated rings. The molecular weight excluding hydrogens is 447 g/mol. The zero-order valence-corrected chi connectivity index (χ0v) is 22.4. The number of hydrogen-bond donors (Lipinski definition) is 0. The van der Waals surface area contributed by atoms with Gasteiger partial charge in [-0.15, -0.1) is 0 Å². The Labute approximate surface area is 206 Å². The van der Waals surface area contributed by atoms with Gasteiger partial charge >= 0.3 is 11.9 Å². The van der Waals surface area contributed by atoms with Crippen molar-refractivity contribution in [1.82, 2.24) is 9.80 Å². The standard InChI is InChI=1S/C10H14N2O2.C9H12N2O2.2C2H6.V/c1-4-14-10(13)9(8-11)6-5-7-12(2)3;1-11(2)6-4-5-8(7-10)9(12)13-3;2*1-2;/h5-7H,4H2,1-3H3;4-6H,1-3H3;2*1-2H3;/b7-5+,9-6+;6-4+,8-5+;;;. The molecule has 0 aliphatic carbocycles. The van der Waals surface area contributed by atoms with E-state index in [2.05, 4.69) is 9.47 Å². The number of allylic oxidation sites excluding steroid dienone is 4. The van der Waals surface area contributed by atoms with E-state index in [0.29, 0.717) is 0 Å². The summed E-state index contributed by atoms with van der Waals surface area (Å²) in [6.07, 6.45) is 9.52. The van der Waals surface area contributed by atoms with Gasteiger partial charge in [-0.3, -0.25) is 0 Å². The number of nitrogens with zero attached hydrogens (tertiary/aromatic N) is 4. The van der Waals surface area contributed by atoms with Gasteiger partial charge in [-0.25, -0.2) is 9.59 Å². The van der Waals surface area contributed by atoms with Gasteiger partial charge in [0.15, 0.2) is 0 Å². The Kier molecular flexibility index (Phi) is 37.4. The van der Waals surface area contributed by atoms with Crippen molar-refractivity contribution in [2.75, 3.05) is 41.9 Å². The third-order valence-corrected chi connectivity index (χ3v) is 2.44. The van der Waals surface area contributed by atoms with E-state index in [-0.39, 0.29) is 36.3 Å². The first kappa shape index (κ1) is 39.5. The van der Waals surface area contributed by atoms with Crippen molar-refractivity contribution in [2.24, 2.45) is 0 Å². The summed E-state index contributed by atoms with van der Waals surface area (Å²) in [4.78, 5) is 25.5. The first-order chi connectivity index (χ1) is 14.7. The van der Waals surface area contributed by atoms with Crippen LogP contribution >= 0.6 is 0 Å². The molecule has 0 aliphatic heterocycles. The van der Waals surface area contributed by atoms with Crippen LogP contribution in [-0.4, -0.2) is 63.6 Å². The second-order valence-corrected chi connectivity index (χ2v) is 5.21. The molecule has 0 heterocycles. The number of rotatable bonds is 7. The normalized spacial score (nSPS) is 9.75. The maximum atomic E-state index is 11.1. The van der Waals surface area contributed by atoms with Crippen LogP contribution in [0, 0.1) is 22.7 Å². The van der Waals surface area contributed by atoms with Crippen molar-refractivity contribution in [3.63, 3.8) is 0 Å². The molecule has 179 valence electrons. The number of carbonyl (C=O) groups excluding carboxylic acids is 2. The van der Waals surface area contributed by atoms with Crippen LogP contribution in [0.5, 0.6) is 0 Å². The Bertz CT molecular complexity index is 683. The molecule has 0 spiro atoms. The zero-order chi connectivity index (χ0) is 25.2. The second kappa shape index (κ2) is 30.3. The minimum absolute atomic E-state index is 0. The van der Waals surface area contributed by atoms with E-state index in [1.807, 2.05) is 55.9 Å². The van der Waals surface area contributed by atoms with Gasteiger partial charge in [0.1, 0.15) is 23.3 Å². The van der Waals surface area contributed by atoms with Crippen molar-refractivity contribution in [3.8, 4) is 12.1 Å². The van der Waals surface area contributed by atoms with E-state index in [9.17, 15) is 9.59 Å². The van der Waals surface area contributed by atoms with Gasteiger partial charge < -0.3 is 19.3 Å². The summed E-state index contributed by atoms with van der Waals surface area (Å²) in [5, 5.41) is 17.1. The van der Waals surface area contributed by atoms with Crippen LogP contribution in [0.25, 0.3) is 0 Å². The summed E-state index contributed by atoms with van der Waals surface area (Å²) in [6.45, 7) is 9.97. The summed E-state index contributed by atoms with van der Waals surface area (Å²) >= 11 is 0. The number of hydrogen-bond acceptors (Lipinski definition) is 8. The van der Waals surface area contributed by atoms with Crippen LogP contribution in [0.4, 0.5) is 0 Å². The molecule has 0 amide bonds. The van der Waals surface area contributed by atoms with E-state index >= 15 is 0 Å². The monoisotopic (exact) mass is 485 g/mol. The smallest absolute Gasteiger partial charge is 0.348 e. The number of methoxy groups -OCH3 is 1. The number of ether oxygens (including phenoxy) is 2. The van der Waals surface area contributed by atoms with E-state index in [0.717, 1.165) is 0 Å². The molecule has 9 heteroatoms. The molecule has 0 aromatic heterocycles. The summed E-state index contributed by atoms with van der Waals surface area (Å²) in [7, 11) is 8.62. The molecule has 1 radical (unpaired) electrons. The van der Waals surface area contributed by atoms with Gasteiger partial charge in [-0.1, -0.05) is 27.7 Å². The first-order valence-electron chi connectivity index (χ1n) is 9.88. The molecule has 0 atom stereocenters. The third kappa shape index (κ3) is 27.1. The van der Waals surface area contributed by atoms with Crippen molar-refractivity contribution in [2.45, 2.75) is 34.6 Å². The Morgan fingerprint density at radius 2 is 1.16 bits per heavy atom. The molecule has 8 nitrogen and oxygen atoms in total. The van der Waals surface area contributed by atoms with Gasteiger partial charge in [0, 0.05) is 46.7 Å². The van der Waals surface area contributed by atoms with E-state index in [1.54, 1.807) is 53.4 Å². The Hall–Kier alpha value is -2.94. The fourth-order valence-corrected chi connectivity index (χ4v) is 1.24. The summed E-state index contributed by atoms with van der Waals surface area (Å²) in [6, 6.07) is 3.52. The van der Waals surface area contributed by atoms with Crippen LogP contribution in [0.2, 0.25) is 0 Å². The van der Waals surface area contributed by atoms with Crippen LogP contribution in [0.1, 0.15) is 34.6 Å². The largest absolute Gasteiger partial charge is 0.465 e. The number of nitriles is 2. The fourth-order valence-electron chi connectivity index (χ4n) is 1.24. The van der Waals surface area contributed by atoms with Crippen molar-refractivity contribution < 1.29 is 37.6 Å². The molecule has 32 heavy (non-hydrogen) atoms. The summed E-state index contributed by atoms with van der Waals surface area (Å²) < 4.78 is 9.06. The minimum Gasteiger partial charge on any atom is -0.465 e. The quantitative estimate of drug-likeness (QED) is 0.232. The van der Waals surface area contributed by atoms with Gasteiger partial charge in [0.05, 0.1) is 13.7 Å². The molecule has 0 bridgehead atoms. The predicted molar refractivity (Wildman–Crippen MR) is 124 cm³/mol. The number of esters is 2. The van der Waals surface area contributed by atoms with Crippen LogP contribution in [-0.2, 0) is 37.6 Å². The predicted octanol–water partition coefficient (Wildman–Crippen LogP) is 3.81. The summed E-state index contributed by atoms with van der Waals surface area (Å²) in [5.74, 6) is -1.20. The fraction of sp³-hybridized carbons (Fsp3) is 0.478. The summed E-state index contributed by atoms with van der Waals surface area (Å²) in [5.41, 5.74) is -0.00875. The van der Waals surface area contributed by atoms with Crippen LogP contribution < -0.4 is 0 Å². The van der Waals surface area contributed by atoms with E-state index in [4.69, 9.17) is 10.5 Å². The second-order valence-electron chi connectivity index (χ2n) is 5.21. The van der Waals surface area contributed by atoms with E-state index in [1.165, 1.54) is 19.3 Å². The molecular formula is C23H38N4O4V. The molecule has 0 saturated heterocycles. The topological polar surface area (TPSA) is 107 Å². The minimum atomic E-state index is -0.620. The Morgan fingerprint density at radius 3 is 1.41 bits per heavy atom. The number of carbonyl (C=O) groups is 2. The maximum absolute atomic E-state index is 11.1. The van der Waals surface area contributed by atoms with Gasteiger partial charge in [0.2, 0.25) is 0 Å². The molecule has 0 aromatic carbocycles. The average molecular weight is 486 g/mol. The Morgan fingerprint density at radius 1 is 0.812 bits per heavy atom. The molecule has 0 aliphatic rings. The van der Waals surface area contributed by atoms with Gasteiger partial charge in [0.25, 0.3) is 0 Å². The van der Waals surface area contributed by atoms with E-state index < -0.39 is 11.9 Å². The van der Waals surface area contributed by atoms with Crippen molar-refractivity contribution in [3.05, 3.63) is 47.9 Å². The van der Waals surface area contributed by atoms with Crippen molar-refractivity contribution in [1.29, 1.82) is 10.5 Å². The SMILES string of the molecule is CC.CC.CCOC(=O)/C(C#N)=C/C=C/N(C)C.COC(=O)/C(C#N)=C/C=C/N(C)C.[V]. The Balaban J connectivity index is -0.000000128. The van der Waals surface area contributed by atoms with Gasteiger partial charge in [-0.2, -0.15) is 10.5 Å². The average Bonchev–Trinajstić information content (AvgIpc) is 2.76. The molecule has 0 N–H and O–H groups in total. The van der Waals surface area contributed by atoms with Crippen LogP contribution in [0.3, 0.4) is 0 Å². The molecule has 0 unspecified atom stereocenters. The molecule has 0 aromatic rings. The first-order valence-corrected chi connectivity index (χ1v) is 9.88. The van der Waals surface area contributed by atoms with Crippen LogP contribution in [0.15, 0.2) is 47.9 Å². The van der Waals surface area contributed by atoms with Gasteiger partial charge in [-0.05, 0) is 43.6 Å². The maximum Gasteiger partial charge on any atom is 0.348 e.